The molecule has 0 rings (SSSR count). The lowest BCUT2D eigenvalue weighted by molar-refractivity contribution is -0.146. The van der Waals surface area contributed by atoms with E-state index in [-0.39, 0.29) is 8.80 Å². The second kappa shape index (κ2) is 6.82. The van der Waals surface area contributed by atoms with Crippen LogP contribution in [0.4, 0.5) is 12.7 Å². The van der Waals surface area contributed by atoms with Gasteiger partial charge < -0.3 is 4.18 Å². The van der Waals surface area contributed by atoms with Crippen molar-refractivity contribution in [3.8, 4) is 0 Å². The molecule has 0 amide bonds. The van der Waals surface area contributed by atoms with Gasteiger partial charge in [-0.1, -0.05) is 23.5 Å². The van der Waals surface area contributed by atoms with Crippen LogP contribution in [-0.2, 0) is 19.5 Å². The van der Waals surface area contributed by atoms with Crippen molar-refractivity contribution in [3.05, 3.63) is 0 Å². The van der Waals surface area contributed by atoms with E-state index < -0.39 is 22.9 Å². The van der Waals surface area contributed by atoms with Gasteiger partial charge in [0.25, 0.3) is 0 Å². The summed E-state index contributed by atoms with van der Waals surface area (Å²) in [5, 5.41) is 0. The number of hydrogen-bond acceptors (Lipinski definition) is 4. The highest BCUT2D eigenvalue weighted by atomic mass is 32.3. The molecule has 0 aliphatic rings. The number of halogens is 3. The molecular formula is C5H11F3O4SSi. The molecule has 0 bridgehead atoms. The predicted molar refractivity (Wildman–Crippen MR) is 46.9 cm³/mol. The highest BCUT2D eigenvalue weighted by Gasteiger charge is 2.24. The zero-order valence-electron chi connectivity index (χ0n) is 7.83. The molecule has 0 spiro atoms. The van der Waals surface area contributed by atoms with Crippen molar-refractivity contribution in [1.29, 1.82) is 0 Å². The number of rotatable bonds is 2. The van der Waals surface area contributed by atoms with E-state index in [1.54, 1.807) is 0 Å². The summed E-state index contributed by atoms with van der Waals surface area (Å²) in [6.07, 6.45) is -3.65. The largest absolute Gasteiger partial charge is 0.491 e. The first-order chi connectivity index (χ1) is 6.06. The Kier molecular flexibility index (Phi) is 7.73. The Balaban J connectivity index is 0. The molecule has 0 saturated heterocycles. The van der Waals surface area contributed by atoms with Crippen molar-refractivity contribution in [2.45, 2.75) is 26.1 Å². The molecule has 86 valence electrons. The van der Waals surface area contributed by atoms with Crippen molar-refractivity contribution in [3.63, 3.8) is 0 Å². The lowest BCUT2D eigenvalue weighted by atomic mass is 10.7. The Labute approximate surface area is 82.1 Å². The smallest absolute Gasteiger partial charge is 0.316 e. The van der Waals surface area contributed by atoms with Gasteiger partial charge in [-0.15, -0.1) is 0 Å². The average Bonchev–Trinajstić information content (AvgIpc) is 1.81. The van der Waals surface area contributed by atoms with Crippen LogP contribution in [0.3, 0.4) is 0 Å². The van der Waals surface area contributed by atoms with Crippen LogP contribution in [0.2, 0.25) is 19.6 Å². The van der Waals surface area contributed by atoms with E-state index in [9.17, 15) is 25.9 Å². The Morgan fingerprint density at radius 3 is 1.64 bits per heavy atom. The van der Waals surface area contributed by atoms with E-state index in [1.807, 2.05) is 0 Å². The van der Waals surface area contributed by atoms with E-state index in [1.165, 1.54) is 0 Å². The van der Waals surface area contributed by atoms with Crippen molar-refractivity contribution in [1.82, 2.24) is 0 Å². The molecule has 4 nitrogen and oxygen atoms in total. The van der Waals surface area contributed by atoms with E-state index >= 15 is 0 Å². The van der Waals surface area contributed by atoms with Gasteiger partial charge in [0, 0.05) is 8.80 Å². The summed E-state index contributed by atoms with van der Waals surface area (Å²) in [6.45, 7) is 6.92. The summed E-state index contributed by atoms with van der Waals surface area (Å²) in [6, 6.07) is 0. The zero-order valence-corrected chi connectivity index (χ0v) is 9.80. The normalized spacial score (nSPS) is 10.9. The first-order valence-electron chi connectivity index (χ1n) is 3.52. The maximum absolute atomic E-state index is 11.2. The molecule has 0 radical (unpaired) electrons. The topological polar surface area (TPSA) is 60.4 Å². The second-order valence-electron chi connectivity index (χ2n) is 2.83. The fourth-order valence-electron chi connectivity index (χ4n) is 0.134. The number of alkyl halides is 2. The first-order valence-corrected chi connectivity index (χ1v) is 8.29. The van der Waals surface area contributed by atoms with E-state index in [4.69, 9.17) is 0 Å². The molecule has 0 aromatic carbocycles. The fraction of sp³-hybridized carbons (Fsp3) is 0.800. The molecule has 0 aromatic heterocycles. The molecule has 9 heteroatoms. The van der Waals surface area contributed by atoms with Gasteiger partial charge in [0.1, 0.15) is 0 Å². The minimum absolute atomic E-state index is 0.139. The van der Waals surface area contributed by atoms with Gasteiger partial charge in [-0.25, -0.2) is 4.79 Å². The molecule has 0 atom stereocenters. The molecule has 0 aromatic rings. The summed E-state index contributed by atoms with van der Waals surface area (Å²) < 4.78 is 54.5. The van der Waals surface area contributed by atoms with E-state index in [0.29, 0.717) is 0 Å². The molecule has 0 aliphatic heterocycles. The van der Waals surface area contributed by atoms with Crippen molar-refractivity contribution < 1.29 is 30.1 Å². The second-order valence-corrected chi connectivity index (χ2v) is 7.25. The highest BCUT2D eigenvalue weighted by molar-refractivity contribution is 7.81. The first kappa shape index (κ1) is 15.9. The quantitative estimate of drug-likeness (QED) is 0.545. The zero-order chi connectivity index (χ0) is 11.9. The van der Waals surface area contributed by atoms with Crippen molar-refractivity contribution >= 4 is 25.3 Å². The fourth-order valence-corrected chi connectivity index (χ4v) is 0.403. The lowest BCUT2D eigenvalue weighted by Crippen LogP contribution is -2.16. The maximum atomic E-state index is 11.2. The minimum Gasteiger partial charge on any atom is -0.316 e. The Morgan fingerprint density at radius 1 is 1.29 bits per heavy atom. The molecular weight excluding hydrogens is 241 g/mol. The average molecular weight is 252 g/mol. The SMILES string of the molecule is C[SiH](C)C.O=C(OS(=O)(=O)F)C(F)F. The Morgan fingerprint density at radius 2 is 1.57 bits per heavy atom. The summed E-state index contributed by atoms with van der Waals surface area (Å²) >= 11 is 0. The molecule has 0 fully saturated rings. The molecule has 14 heavy (non-hydrogen) atoms. The van der Waals surface area contributed by atoms with Crippen LogP contribution in [0.25, 0.3) is 0 Å². The summed E-state index contributed by atoms with van der Waals surface area (Å²) in [7, 11) is -5.74. The summed E-state index contributed by atoms with van der Waals surface area (Å²) in [5.74, 6) is -2.43. The summed E-state index contributed by atoms with van der Waals surface area (Å²) in [4.78, 5) is 9.57. The maximum Gasteiger partial charge on any atom is 0.491 e. The molecule has 0 unspecified atom stereocenters. The third-order valence-electron chi connectivity index (χ3n) is 0.360. The van der Waals surface area contributed by atoms with Gasteiger partial charge in [0.2, 0.25) is 0 Å². The van der Waals surface area contributed by atoms with Gasteiger partial charge in [0.15, 0.2) is 0 Å². The highest BCUT2D eigenvalue weighted by Crippen LogP contribution is 2.01. The number of carbonyl (C=O) groups excluding carboxylic acids is 1. The molecule has 0 heterocycles. The Bertz CT molecular complexity index is 261. The Hall–Kier alpha value is -0.573. The van der Waals surface area contributed by atoms with Gasteiger partial charge in [0.05, 0.1) is 0 Å². The standard InChI is InChI=1S/C3H10Si.C2HF3O4S/c1-4(2)3;3-1(4)2(6)9-10(5,7)8/h4H,1-3H3;1H. The number of carbonyl (C=O) groups is 1. The van der Waals surface area contributed by atoms with Crippen LogP contribution in [0, 0.1) is 0 Å². The predicted octanol–water partition coefficient (Wildman–Crippen LogP) is 1.11. The van der Waals surface area contributed by atoms with E-state index in [2.05, 4.69) is 23.8 Å². The third kappa shape index (κ3) is 17.5. The minimum atomic E-state index is -5.60. The monoisotopic (exact) mass is 252 g/mol. The van der Waals surface area contributed by atoms with Gasteiger partial charge in [-0.05, 0) is 0 Å². The van der Waals surface area contributed by atoms with Gasteiger partial charge in [-0.3, -0.25) is 0 Å². The third-order valence-corrected chi connectivity index (χ3v) is 0.723. The lowest BCUT2D eigenvalue weighted by Gasteiger charge is -1.94. The number of hydrogen-bond donors (Lipinski definition) is 0. The van der Waals surface area contributed by atoms with Crippen molar-refractivity contribution in [2.24, 2.45) is 0 Å². The van der Waals surface area contributed by atoms with Crippen LogP contribution < -0.4 is 0 Å². The van der Waals surface area contributed by atoms with Crippen LogP contribution in [-0.4, -0.2) is 29.6 Å². The van der Waals surface area contributed by atoms with Gasteiger partial charge >= 0.3 is 22.9 Å². The van der Waals surface area contributed by atoms with Crippen molar-refractivity contribution in [2.75, 3.05) is 0 Å². The molecule has 0 saturated carbocycles. The van der Waals surface area contributed by atoms with Crippen LogP contribution in [0.15, 0.2) is 0 Å². The summed E-state index contributed by atoms with van der Waals surface area (Å²) in [5.41, 5.74) is 0. The molecule has 0 N–H and O–H groups in total. The van der Waals surface area contributed by atoms with Gasteiger partial charge in [-0.2, -0.15) is 17.2 Å². The van der Waals surface area contributed by atoms with Crippen LogP contribution >= 0.6 is 0 Å². The van der Waals surface area contributed by atoms with Crippen LogP contribution in [0.5, 0.6) is 0 Å². The van der Waals surface area contributed by atoms with E-state index in [0.717, 1.165) is 0 Å². The molecule has 0 aliphatic carbocycles. The van der Waals surface area contributed by atoms with Crippen LogP contribution in [0.1, 0.15) is 0 Å².